The van der Waals surface area contributed by atoms with Gasteiger partial charge in [-0.2, -0.15) is 11.5 Å². The van der Waals surface area contributed by atoms with Crippen molar-refractivity contribution < 1.29 is 0 Å². The van der Waals surface area contributed by atoms with Crippen LogP contribution in [0.1, 0.15) is 67.2 Å². The van der Waals surface area contributed by atoms with Crippen LogP contribution in [0.25, 0.3) is 0 Å². The van der Waals surface area contributed by atoms with E-state index in [1.54, 1.807) is 0 Å². The van der Waals surface area contributed by atoms with Crippen molar-refractivity contribution in [3.8, 4) is 0 Å². The minimum Gasteiger partial charge on any atom is -0.195 e. The molecule has 8 atom stereocenters. The molecule has 6 aliphatic rings. The van der Waals surface area contributed by atoms with Crippen molar-refractivity contribution in [3.63, 3.8) is 0 Å². The fourth-order valence-corrected chi connectivity index (χ4v) is 8.20. The van der Waals surface area contributed by atoms with Crippen LogP contribution in [-0.2, 0) is 0 Å². The SMILES string of the molecule is C[C@@H]1C(B(Cl)C2CC3C[C@H]([C@H]2C)C3(C)C)CC2C[C@@H]1C2(C)C. The minimum absolute atomic E-state index is 0.438. The molecule has 0 aromatic rings. The van der Waals surface area contributed by atoms with Crippen LogP contribution >= 0.6 is 11.5 Å². The van der Waals surface area contributed by atoms with E-state index in [1.165, 1.54) is 25.7 Å². The lowest BCUT2D eigenvalue weighted by molar-refractivity contribution is -0.106. The van der Waals surface area contributed by atoms with Crippen LogP contribution in [0.15, 0.2) is 0 Å². The summed E-state index contributed by atoms with van der Waals surface area (Å²) in [5.41, 5.74) is 1.18. The van der Waals surface area contributed by atoms with Gasteiger partial charge in [0.15, 0.2) is 0 Å². The molecular formula is C20H34BCl. The maximum absolute atomic E-state index is 7.19. The van der Waals surface area contributed by atoms with Crippen molar-refractivity contribution in [2.24, 2.45) is 46.3 Å². The molecule has 0 nitrogen and oxygen atoms in total. The lowest BCUT2D eigenvalue weighted by Crippen LogP contribution is -2.58. The molecule has 6 fully saturated rings. The van der Waals surface area contributed by atoms with Gasteiger partial charge in [-0.1, -0.05) is 54.4 Å². The van der Waals surface area contributed by atoms with E-state index in [2.05, 4.69) is 41.5 Å². The molecule has 0 radical (unpaired) electrons. The summed E-state index contributed by atoms with van der Waals surface area (Å²) in [6, 6.07) is 0. The zero-order valence-electron chi connectivity index (χ0n) is 15.4. The quantitative estimate of drug-likeness (QED) is 0.519. The summed E-state index contributed by atoms with van der Waals surface area (Å²) in [5.74, 6) is 7.00. The molecule has 4 unspecified atom stereocenters. The smallest absolute Gasteiger partial charge is 0.195 e. The van der Waals surface area contributed by atoms with E-state index in [0.717, 1.165) is 47.1 Å². The van der Waals surface area contributed by atoms with Crippen LogP contribution in [0.2, 0.25) is 11.6 Å². The summed E-state index contributed by atoms with van der Waals surface area (Å²) >= 11 is 7.19. The molecule has 6 aliphatic carbocycles. The van der Waals surface area contributed by atoms with Gasteiger partial charge in [-0.3, -0.25) is 0 Å². The van der Waals surface area contributed by atoms with E-state index in [0.29, 0.717) is 17.0 Å². The Hall–Kier alpha value is 0.355. The largest absolute Gasteiger partial charge is 0.257 e. The van der Waals surface area contributed by atoms with Crippen molar-refractivity contribution in [2.75, 3.05) is 0 Å². The molecule has 0 saturated heterocycles. The van der Waals surface area contributed by atoms with E-state index >= 15 is 0 Å². The second-order valence-corrected chi connectivity index (χ2v) is 11.2. The van der Waals surface area contributed by atoms with Crippen molar-refractivity contribution in [1.82, 2.24) is 0 Å². The summed E-state index contributed by atoms with van der Waals surface area (Å²) < 4.78 is 0. The Balaban J connectivity index is 1.49. The number of fused-ring (bicyclic) bond motifs is 4. The Kier molecular flexibility index (Phi) is 3.39. The number of hydrogen-bond donors (Lipinski definition) is 0. The molecule has 0 aromatic heterocycles. The third-order valence-electron chi connectivity index (χ3n) is 9.64. The van der Waals surface area contributed by atoms with E-state index in [1.807, 2.05) is 0 Å². The topological polar surface area (TPSA) is 0 Å². The van der Waals surface area contributed by atoms with Crippen LogP contribution in [0.5, 0.6) is 0 Å². The highest BCUT2D eigenvalue weighted by molar-refractivity contribution is 7.08. The molecule has 0 spiro atoms. The highest BCUT2D eigenvalue weighted by atomic mass is 35.5. The Labute approximate surface area is 143 Å². The molecular weight excluding hydrogens is 286 g/mol. The normalized spacial score (nSPS) is 54.1. The summed E-state index contributed by atoms with van der Waals surface area (Å²) in [6.07, 6.45) is 6.20. The standard InChI is InChI=1S/C20H34BCl/c1-11-15-7-13(19(15,3)4)9-17(11)21(22)18-10-14-8-16(12(18)2)20(14,5)6/h11-18H,7-10H2,1-6H3/t11-,12+,13?,14?,15-,16+,17?,18?. The summed E-state index contributed by atoms with van der Waals surface area (Å²) in [7, 11) is 0. The first kappa shape index (κ1) is 15.9. The Morgan fingerprint density at radius 1 is 0.727 bits per heavy atom. The van der Waals surface area contributed by atoms with Gasteiger partial charge in [-0.25, -0.2) is 0 Å². The molecule has 0 amide bonds. The zero-order valence-corrected chi connectivity index (χ0v) is 16.2. The molecule has 2 heteroatoms. The van der Waals surface area contributed by atoms with Crippen molar-refractivity contribution >= 4 is 17.6 Å². The van der Waals surface area contributed by atoms with Crippen molar-refractivity contribution in [2.45, 2.75) is 78.9 Å². The van der Waals surface area contributed by atoms with Gasteiger partial charge in [0.2, 0.25) is 0 Å². The first-order valence-corrected chi connectivity index (χ1v) is 10.2. The van der Waals surface area contributed by atoms with Crippen LogP contribution < -0.4 is 0 Å². The maximum Gasteiger partial charge on any atom is 0.257 e. The lowest BCUT2D eigenvalue weighted by atomic mass is 9.30. The number of hydrogen-bond acceptors (Lipinski definition) is 0. The Bertz CT molecular complexity index is 428. The van der Waals surface area contributed by atoms with Gasteiger partial charge in [-0.05, 0) is 70.8 Å². The van der Waals surface area contributed by atoms with Gasteiger partial charge in [0.25, 0.3) is 6.13 Å². The second kappa shape index (κ2) is 4.71. The Morgan fingerprint density at radius 2 is 1.09 bits per heavy atom. The molecule has 0 aliphatic heterocycles. The van der Waals surface area contributed by atoms with Gasteiger partial charge in [0.05, 0.1) is 0 Å². The van der Waals surface area contributed by atoms with Gasteiger partial charge in [0, 0.05) is 0 Å². The number of rotatable bonds is 2. The van der Waals surface area contributed by atoms with E-state index < -0.39 is 0 Å². The zero-order chi connectivity index (χ0) is 16.0. The summed E-state index contributed by atoms with van der Waals surface area (Å²) in [6.45, 7) is 15.0. The first-order valence-electron chi connectivity index (χ1n) is 9.79. The highest BCUT2D eigenvalue weighted by Crippen LogP contribution is 2.69. The fraction of sp³-hybridized carbons (Fsp3) is 1.00. The molecule has 0 heterocycles. The van der Waals surface area contributed by atoms with Crippen LogP contribution in [-0.4, -0.2) is 6.13 Å². The van der Waals surface area contributed by atoms with Gasteiger partial charge >= 0.3 is 0 Å². The average Bonchev–Trinajstić information content (AvgIpc) is 2.45. The molecule has 22 heavy (non-hydrogen) atoms. The molecule has 0 N–H and O–H groups in total. The fourth-order valence-electron chi connectivity index (χ4n) is 7.54. The molecule has 4 bridgehead atoms. The monoisotopic (exact) mass is 320 g/mol. The number of halogens is 1. The maximum atomic E-state index is 7.19. The van der Waals surface area contributed by atoms with Crippen LogP contribution in [0.3, 0.4) is 0 Å². The third-order valence-corrected chi connectivity index (χ3v) is 10.3. The van der Waals surface area contributed by atoms with E-state index in [-0.39, 0.29) is 0 Å². The summed E-state index contributed by atoms with van der Waals surface area (Å²) in [4.78, 5) is 0. The molecule has 0 aromatic carbocycles. The van der Waals surface area contributed by atoms with E-state index in [9.17, 15) is 0 Å². The minimum atomic E-state index is 0.438. The molecule has 124 valence electrons. The van der Waals surface area contributed by atoms with E-state index in [4.69, 9.17) is 11.5 Å². The Morgan fingerprint density at radius 3 is 1.36 bits per heavy atom. The average molecular weight is 321 g/mol. The first-order chi connectivity index (χ1) is 10.2. The van der Waals surface area contributed by atoms with Crippen molar-refractivity contribution in [3.05, 3.63) is 0 Å². The lowest BCUT2D eigenvalue weighted by Gasteiger charge is -2.65. The molecule has 6 saturated carbocycles. The highest BCUT2D eigenvalue weighted by Gasteiger charge is 2.62. The predicted molar refractivity (Wildman–Crippen MR) is 97.4 cm³/mol. The third kappa shape index (κ3) is 1.84. The molecule has 6 rings (SSSR count). The van der Waals surface area contributed by atoms with Gasteiger partial charge < -0.3 is 0 Å². The predicted octanol–water partition coefficient (Wildman–Crippen LogP) is 6.36. The van der Waals surface area contributed by atoms with Gasteiger partial charge in [0.1, 0.15) is 0 Å². The van der Waals surface area contributed by atoms with Crippen LogP contribution in [0, 0.1) is 46.3 Å². The van der Waals surface area contributed by atoms with Crippen LogP contribution in [0.4, 0.5) is 0 Å². The second-order valence-electron chi connectivity index (χ2n) is 10.7. The van der Waals surface area contributed by atoms with Gasteiger partial charge in [-0.15, -0.1) is 0 Å². The van der Waals surface area contributed by atoms with Crippen molar-refractivity contribution in [1.29, 1.82) is 0 Å². The summed E-state index contributed by atoms with van der Waals surface area (Å²) in [5, 5.41) is 0.